The molecule has 8 heteroatoms. The van der Waals surface area contributed by atoms with Gasteiger partial charge in [-0.3, -0.25) is 0 Å². The fourth-order valence-corrected chi connectivity index (χ4v) is 2.90. The Morgan fingerprint density at radius 3 is 2.76 bits per heavy atom. The molecular weight excluding hydrogens is 303 g/mol. The Morgan fingerprint density at radius 2 is 2.14 bits per heavy atom. The van der Waals surface area contributed by atoms with Crippen molar-refractivity contribution in [2.24, 2.45) is 0 Å². The fourth-order valence-electron chi connectivity index (χ4n) is 2.02. The van der Waals surface area contributed by atoms with Crippen LogP contribution in [0.2, 0.25) is 0 Å². The van der Waals surface area contributed by atoms with Crippen molar-refractivity contribution in [2.45, 2.75) is 25.7 Å². The Hall–Kier alpha value is -1.67. The third kappa shape index (κ3) is 3.92. The zero-order valence-corrected chi connectivity index (χ0v) is 12.3. The van der Waals surface area contributed by atoms with Crippen molar-refractivity contribution in [2.75, 3.05) is 7.05 Å². The summed E-state index contributed by atoms with van der Waals surface area (Å²) in [7, 11) is 1.74. The average molecular weight is 317 g/mol. The first-order chi connectivity index (χ1) is 9.94. The Labute approximate surface area is 124 Å². The summed E-state index contributed by atoms with van der Waals surface area (Å²) in [5.74, 6) is -0.240. The molecule has 0 fully saturated rings. The minimum Gasteiger partial charge on any atom is -0.406 e. The molecule has 0 aliphatic heterocycles. The molecular formula is C13H14F3N3OS. The van der Waals surface area contributed by atoms with Gasteiger partial charge in [0.05, 0.1) is 16.6 Å². The molecule has 0 aliphatic rings. The molecule has 2 aromatic rings. The highest BCUT2D eigenvalue weighted by Crippen LogP contribution is 2.30. The van der Waals surface area contributed by atoms with Gasteiger partial charge in [0.15, 0.2) is 0 Å². The minimum absolute atomic E-state index is 0.240. The van der Waals surface area contributed by atoms with Gasteiger partial charge >= 0.3 is 6.36 Å². The highest BCUT2D eigenvalue weighted by atomic mass is 32.1. The van der Waals surface area contributed by atoms with Crippen LogP contribution in [0.1, 0.15) is 29.1 Å². The highest BCUT2D eigenvalue weighted by molar-refractivity contribution is 7.05. The number of halogens is 3. The maximum absolute atomic E-state index is 12.3. The molecule has 0 radical (unpaired) electrons. The van der Waals surface area contributed by atoms with E-state index in [9.17, 15) is 13.2 Å². The molecule has 1 atom stereocenters. The molecule has 2 rings (SSSR count). The van der Waals surface area contributed by atoms with Gasteiger partial charge in [0.1, 0.15) is 5.75 Å². The van der Waals surface area contributed by atoms with Crippen molar-refractivity contribution in [1.29, 1.82) is 0 Å². The Morgan fingerprint density at radius 1 is 1.38 bits per heavy atom. The highest BCUT2D eigenvalue weighted by Gasteiger charge is 2.31. The van der Waals surface area contributed by atoms with E-state index in [4.69, 9.17) is 0 Å². The molecule has 1 aromatic carbocycles. The molecule has 0 saturated carbocycles. The first kappa shape index (κ1) is 15.7. The van der Waals surface area contributed by atoms with Crippen LogP contribution in [0.5, 0.6) is 5.75 Å². The molecule has 0 spiro atoms. The number of hydrogen-bond donors (Lipinski definition) is 1. The molecule has 1 aromatic heterocycles. The summed E-state index contributed by atoms with van der Waals surface area (Å²) in [5, 5.41) is 7.11. The van der Waals surface area contributed by atoms with E-state index in [1.807, 2.05) is 6.92 Å². The van der Waals surface area contributed by atoms with Gasteiger partial charge in [-0.15, -0.1) is 18.3 Å². The zero-order valence-electron chi connectivity index (χ0n) is 11.4. The van der Waals surface area contributed by atoms with Crippen molar-refractivity contribution >= 4 is 11.5 Å². The molecule has 0 bridgehead atoms. The number of nitrogens with one attached hydrogen (secondary N) is 1. The lowest BCUT2D eigenvalue weighted by molar-refractivity contribution is -0.274. The van der Waals surface area contributed by atoms with Gasteiger partial charge in [-0.1, -0.05) is 23.5 Å². The van der Waals surface area contributed by atoms with Gasteiger partial charge < -0.3 is 10.1 Å². The van der Waals surface area contributed by atoms with Crippen molar-refractivity contribution < 1.29 is 17.9 Å². The largest absolute Gasteiger partial charge is 0.573 e. The first-order valence-corrected chi connectivity index (χ1v) is 7.06. The van der Waals surface area contributed by atoms with Gasteiger partial charge in [-0.05, 0) is 42.7 Å². The predicted molar refractivity (Wildman–Crippen MR) is 73.3 cm³/mol. The number of nitrogens with zero attached hydrogens (tertiary/aromatic N) is 2. The van der Waals surface area contributed by atoms with E-state index in [0.29, 0.717) is 12.0 Å². The smallest absolute Gasteiger partial charge is 0.406 e. The summed E-state index contributed by atoms with van der Waals surface area (Å²) in [5.41, 5.74) is 1.50. The lowest BCUT2D eigenvalue weighted by Gasteiger charge is -2.17. The van der Waals surface area contributed by atoms with Crippen LogP contribution in [-0.4, -0.2) is 23.0 Å². The van der Waals surface area contributed by atoms with Gasteiger partial charge in [0.2, 0.25) is 0 Å². The Bertz CT molecular complexity index is 600. The second kappa shape index (κ2) is 6.40. The van der Waals surface area contributed by atoms with Gasteiger partial charge in [-0.25, -0.2) is 0 Å². The lowest BCUT2D eigenvalue weighted by atomic mass is 10.0. The fraction of sp³-hybridized carbons (Fsp3) is 0.385. The minimum atomic E-state index is -4.70. The van der Waals surface area contributed by atoms with Crippen LogP contribution in [0, 0.1) is 0 Å². The Balaban J connectivity index is 2.33. The SMILES string of the molecule is CCc1nnsc1C(NC)c1cccc(OC(F)(F)F)c1. The quantitative estimate of drug-likeness (QED) is 0.919. The standard InChI is InChI=1S/C13H14F3N3OS/c1-3-10-12(21-19-18-10)11(17-2)8-5-4-6-9(7-8)20-13(14,15)16/h4-7,11,17H,3H2,1-2H3. The first-order valence-electron chi connectivity index (χ1n) is 6.28. The summed E-state index contributed by atoms with van der Waals surface area (Å²) >= 11 is 1.23. The molecule has 0 aliphatic carbocycles. The molecule has 1 unspecified atom stereocenters. The molecule has 0 saturated heterocycles. The van der Waals surface area contributed by atoms with Crippen LogP contribution in [0.4, 0.5) is 13.2 Å². The summed E-state index contributed by atoms with van der Waals surface area (Å²) in [4.78, 5) is 0.893. The van der Waals surface area contributed by atoms with Crippen LogP contribution in [-0.2, 0) is 6.42 Å². The number of benzene rings is 1. The number of alkyl halides is 3. The third-order valence-corrected chi connectivity index (χ3v) is 3.73. The summed E-state index contributed by atoms with van der Waals surface area (Å²) < 4.78 is 44.7. The van der Waals surface area contributed by atoms with Crippen LogP contribution in [0.25, 0.3) is 0 Å². The molecule has 0 amide bonds. The monoisotopic (exact) mass is 317 g/mol. The number of hydrogen-bond acceptors (Lipinski definition) is 5. The van der Waals surface area contributed by atoms with Gasteiger partial charge in [-0.2, -0.15) is 0 Å². The second-order valence-corrected chi connectivity index (χ2v) is 5.07. The Kier molecular flexibility index (Phi) is 4.79. The maximum Gasteiger partial charge on any atom is 0.573 e. The van der Waals surface area contributed by atoms with Crippen molar-refractivity contribution in [3.8, 4) is 5.75 Å². The summed E-state index contributed by atoms with van der Waals surface area (Å²) in [6.45, 7) is 1.95. The molecule has 114 valence electrons. The zero-order chi connectivity index (χ0) is 15.5. The molecule has 21 heavy (non-hydrogen) atoms. The summed E-state index contributed by atoms with van der Waals surface area (Å²) in [6.07, 6.45) is -3.99. The normalized spacial score (nSPS) is 13.2. The summed E-state index contributed by atoms with van der Waals surface area (Å²) in [6, 6.07) is 5.64. The number of aromatic nitrogens is 2. The van der Waals surface area contributed by atoms with E-state index in [0.717, 1.165) is 10.6 Å². The number of ether oxygens (including phenoxy) is 1. The van der Waals surface area contributed by atoms with Crippen molar-refractivity contribution in [1.82, 2.24) is 14.9 Å². The topological polar surface area (TPSA) is 47.0 Å². The molecule has 4 nitrogen and oxygen atoms in total. The third-order valence-electron chi connectivity index (χ3n) is 2.90. The van der Waals surface area contributed by atoms with E-state index in [2.05, 4.69) is 19.6 Å². The maximum atomic E-state index is 12.3. The predicted octanol–water partition coefficient (Wildman–Crippen LogP) is 3.31. The van der Waals surface area contributed by atoms with Crippen LogP contribution in [0.3, 0.4) is 0 Å². The van der Waals surface area contributed by atoms with Crippen LogP contribution >= 0.6 is 11.5 Å². The van der Waals surface area contributed by atoms with Crippen molar-refractivity contribution in [3.05, 3.63) is 40.4 Å². The van der Waals surface area contributed by atoms with E-state index in [1.165, 1.54) is 29.7 Å². The van der Waals surface area contributed by atoms with Crippen molar-refractivity contribution in [3.63, 3.8) is 0 Å². The molecule has 1 heterocycles. The van der Waals surface area contributed by atoms with Crippen LogP contribution in [0.15, 0.2) is 24.3 Å². The van der Waals surface area contributed by atoms with E-state index in [1.54, 1.807) is 13.1 Å². The molecule has 1 N–H and O–H groups in total. The van der Waals surface area contributed by atoms with Gasteiger partial charge in [0.25, 0.3) is 0 Å². The van der Waals surface area contributed by atoms with E-state index >= 15 is 0 Å². The number of aryl methyl sites for hydroxylation is 1. The van der Waals surface area contributed by atoms with E-state index in [-0.39, 0.29) is 11.8 Å². The second-order valence-electron chi connectivity index (χ2n) is 4.28. The van der Waals surface area contributed by atoms with Crippen LogP contribution < -0.4 is 10.1 Å². The van der Waals surface area contributed by atoms with Gasteiger partial charge in [0, 0.05) is 0 Å². The average Bonchev–Trinajstić information content (AvgIpc) is 2.86. The lowest BCUT2D eigenvalue weighted by Crippen LogP contribution is -2.19. The number of rotatable bonds is 5. The van der Waals surface area contributed by atoms with E-state index < -0.39 is 6.36 Å².